The van der Waals surface area contributed by atoms with Gasteiger partial charge in [0.25, 0.3) is 0 Å². The van der Waals surface area contributed by atoms with Crippen LogP contribution in [0, 0.1) is 11.6 Å². The molecule has 0 bridgehead atoms. The summed E-state index contributed by atoms with van der Waals surface area (Å²) in [6.07, 6.45) is 5.19. The number of hydrogen-bond donors (Lipinski definition) is 1. The van der Waals surface area contributed by atoms with Crippen LogP contribution in [0.3, 0.4) is 0 Å². The van der Waals surface area contributed by atoms with Crippen molar-refractivity contribution in [3.05, 3.63) is 76.6 Å². The molecule has 1 aliphatic heterocycles. The third-order valence-electron chi connectivity index (χ3n) is 5.00. The molecule has 0 aromatic heterocycles. The molecule has 0 fully saturated rings. The summed E-state index contributed by atoms with van der Waals surface area (Å²) >= 11 is 0. The first-order chi connectivity index (χ1) is 12.8. The first-order valence-corrected chi connectivity index (χ1v) is 10.5. The van der Waals surface area contributed by atoms with E-state index in [0.717, 1.165) is 11.3 Å². The predicted octanol–water partition coefficient (Wildman–Crippen LogP) is 6.04. The number of carbonyl (C=O) groups excluding carboxylic acids is 1. The predicted molar refractivity (Wildman–Crippen MR) is 111 cm³/mol. The highest BCUT2D eigenvalue weighted by Gasteiger charge is 2.45. The van der Waals surface area contributed by atoms with E-state index in [1.165, 1.54) is 23.1 Å². The maximum absolute atomic E-state index is 15.4. The Morgan fingerprint density at radius 1 is 1.26 bits per heavy atom. The Kier molecular flexibility index (Phi) is 4.82. The Labute approximate surface area is 159 Å². The Bertz CT molecular complexity index is 1030. The summed E-state index contributed by atoms with van der Waals surface area (Å²) in [5.41, 5.74) is 7.12. The highest BCUT2D eigenvalue weighted by atomic mass is 32.3. The monoisotopic (exact) mass is 385 g/mol. The highest BCUT2D eigenvalue weighted by molar-refractivity contribution is 8.45. The van der Waals surface area contributed by atoms with E-state index in [1.54, 1.807) is 18.2 Å². The summed E-state index contributed by atoms with van der Waals surface area (Å²) in [5.74, 6) is -1.23. The van der Waals surface area contributed by atoms with Crippen LogP contribution in [0.5, 0.6) is 0 Å². The number of benzene rings is 2. The van der Waals surface area contributed by atoms with Crippen molar-refractivity contribution in [2.24, 2.45) is 0 Å². The van der Waals surface area contributed by atoms with Gasteiger partial charge in [0.1, 0.15) is 17.9 Å². The fourth-order valence-corrected chi connectivity index (χ4v) is 7.10. The van der Waals surface area contributed by atoms with E-state index in [4.69, 9.17) is 5.73 Å². The first kappa shape index (κ1) is 19.1. The molecule has 0 spiro atoms. The molecule has 2 aromatic rings. The SMILES string of the molecule is C=CC1=C(CC)S1(C)c1ccc(F)c(-c2ccc(C(=C)C=O)c(N)c2)c1F. The number of halogens is 2. The molecule has 0 saturated carbocycles. The molecule has 0 radical (unpaired) electrons. The largest absolute Gasteiger partial charge is 0.398 e. The minimum atomic E-state index is -1.57. The second kappa shape index (κ2) is 6.82. The summed E-state index contributed by atoms with van der Waals surface area (Å²) < 4.78 is 30.0. The third-order valence-corrected chi connectivity index (χ3v) is 8.77. The number of hydrogen-bond acceptors (Lipinski definition) is 2. The van der Waals surface area contributed by atoms with Crippen LogP contribution in [0.2, 0.25) is 0 Å². The van der Waals surface area contributed by atoms with Gasteiger partial charge in [-0.25, -0.2) is 8.78 Å². The van der Waals surface area contributed by atoms with Gasteiger partial charge in [-0.2, -0.15) is 10.0 Å². The summed E-state index contributed by atoms with van der Waals surface area (Å²) in [5, 5.41) is 0. The maximum Gasteiger partial charge on any atom is 0.150 e. The number of nitrogens with two attached hydrogens (primary N) is 1. The van der Waals surface area contributed by atoms with E-state index < -0.39 is 21.7 Å². The molecule has 0 saturated heterocycles. The smallest absolute Gasteiger partial charge is 0.150 e. The quantitative estimate of drug-likeness (QED) is 0.374. The molecule has 1 aliphatic rings. The molecule has 2 N–H and O–H groups in total. The van der Waals surface area contributed by atoms with Crippen LogP contribution in [0.4, 0.5) is 14.5 Å². The van der Waals surface area contributed by atoms with Crippen LogP contribution in [0.15, 0.2) is 64.3 Å². The van der Waals surface area contributed by atoms with Crippen LogP contribution < -0.4 is 5.73 Å². The van der Waals surface area contributed by atoms with Crippen LogP contribution in [-0.2, 0) is 4.79 Å². The lowest BCUT2D eigenvalue weighted by molar-refractivity contribution is -0.103. The lowest BCUT2D eigenvalue weighted by Crippen LogP contribution is -1.99. The zero-order valence-electron chi connectivity index (χ0n) is 15.3. The lowest BCUT2D eigenvalue weighted by atomic mass is 9.99. The fraction of sp³-hybridized carbons (Fsp3) is 0.136. The van der Waals surface area contributed by atoms with E-state index in [9.17, 15) is 9.18 Å². The molecule has 0 aliphatic carbocycles. The Balaban J connectivity index is 2.14. The van der Waals surface area contributed by atoms with Crippen molar-refractivity contribution in [3.8, 4) is 11.1 Å². The molecule has 5 heteroatoms. The van der Waals surface area contributed by atoms with Gasteiger partial charge >= 0.3 is 0 Å². The average molecular weight is 385 g/mol. The number of carbonyl (C=O) groups is 1. The highest BCUT2D eigenvalue weighted by Crippen LogP contribution is 2.81. The second-order valence-electron chi connectivity index (χ2n) is 6.44. The number of nitrogen functional groups attached to an aromatic ring is 1. The number of allylic oxidation sites excluding steroid dienone is 3. The fourth-order valence-electron chi connectivity index (χ4n) is 3.55. The third kappa shape index (κ3) is 2.82. The zero-order valence-corrected chi connectivity index (χ0v) is 16.1. The number of aldehydes is 1. The second-order valence-corrected chi connectivity index (χ2v) is 9.65. The molecule has 2 nitrogen and oxygen atoms in total. The van der Waals surface area contributed by atoms with Gasteiger partial charge in [-0.15, -0.1) is 0 Å². The van der Waals surface area contributed by atoms with E-state index in [2.05, 4.69) is 13.2 Å². The molecule has 1 unspecified atom stereocenters. The van der Waals surface area contributed by atoms with Gasteiger partial charge in [-0.3, -0.25) is 4.79 Å². The van der Waals surface area contributed by atoms with Crippen molar-refractivity contribution in [1.82, 2.24) is 0 Å². The first-order valence-electron chi connectivity index (χ1n) is 8.47. The van der Waals surface area contributed by atoms with Gasteiger partial charge in [0, 0.05) is 26.6 Å². The lowest BCUT2D eigenvalue weighted by Gasteiger charge is -2.22. The minimum absolute atomic E-state index is 0.109. The number of rotatable bonds is 6. The van der Waals surface area contributed by atoms with Gasteiger partial charge in [-0.05, 0) is 41.3 Å². The molecule has 3 rings (SSSR count). The molecule has 27 heavy (non-hydrogen) atoms. The van der Waals surface area contributed by atoms with Crippen molar-refractivity contribution >= 4 is 27.6 Å². The van der Waals surface area contributed by atoms with Gasteiger partial charge in [0.2, 0.25) is 0 Å². The summed E-state index contributed by atoms with van der Waals surface area (Å²) in [6.45, 7) is 9.48. The number of anilines is 1. The van der Waals surface area contributed by atoms with Crippen molar-refractivity contribution in [1.29, 1.82) is 0 Å². The summed E-state index contributed by atoms with van der Waals surface area (Å²) in [4.78, 5) is 13.7. The van der Waals surface area contributed by atoms with Crippen molar-refractivity contribution in [2.75, 3.05) is 12.0 Å². The molecular weight excluding hydrogens is 364 g/mol. The van der Waals surface area contributed by atoms with E-state index in [-0.39, 0.29) is 16.8 Å². The van der Waals surface area contributed by atoms with Crippen LogP contribution >= 0.6 is 10.0 Å². The van der Waals surface area contributed by atoms with Crippen LogP contribution in [0.25, 0.3) is 16.7 Å². The molecule has 140 valence electrons. The van der Waals surface area contributed by atoms with Gasteiger partial charge < -0.3 is 5.73 Å². The summed E-state index contributed by atoms with van der Waals surface area (Å²) in [6, 6.07) is 7.42. The topological polar surface area (TPSA) is 43.1 Å². The average Bonchev–Trinajstić information content (AvgIpc) is 3.25. The van der Waals surface area contributed by atoms with E-state index in [1.807, 2.05) is 13.2 Å². The molecule has 1 atom stereocenters. The maximum atomic E-state index is 15.4. The molecule has 1 heterocycles. The standard InChI is InChI=1S/C22H21F2NOS/c1-5-18-19(6-2)27(18,4)20-10-9-16(23)21(22(20)24)14-7-8-15(13(3)12-26)17(25)11-14/h5,7-12H,1,3,6,25H2,2,4H3. The normalized spacial score (nSPS) is 20.7. The van der Waals surface area contributed by atoms with Crippen LogP contribution in [0.1, 0.15) is 18.9 Å². The van der Waals surface area contributed by atoms with E-state index >= 15 is 4.39 Å². The zero-order chi connectivity index (χ0) is 19.9. The Hall–Kier alpha value is -2.66. The van der Waals surface area contributed by atoms with Crippen LogP contribution in [-0.4, -0.2) is 12.5 Å². The molecule has 2 aromatic carbocycles. The molecule has 0 amide bonds. The van der Waals surface area contributed by atoms with Gasteiger partial charge in [-0.1, -0.05) is 38.3 Å². The van der Waals surface area contributed by atoms with Crippen molar-refractivity contribution < 1.29 is 13.6 Å². The Morgan fingerprint density at radius 3 is 2.48 bits per heavy atom. The minimum Gasteiger partial charge on any atom is -0.398 e. The van der Waals surface area contributed by atoms with E-state index in [0.29, 0.717) is 22.3 Å². The van der Waals surface area contributed by atoms with Crippen molar-refractivity contribution in [3.63, 3.8) is 0 Å². The van der Waals surface area contributed by atoms with Gasteiger partial charge in [0.15, 0.2) is 0 Å². The Morgan fingerprint density at radius 2 is 1.96 bits per heavy atom. The van der Waals surface area contributed by atoms with Gasteiger partial charge in [0.05, 0.1) is 5.56 Å². The molecular formula is C22H21F2NOS. The van der Waals surface area contributed by atoms with Crippen molar-refractivity contribution in [2.45, 2.75) is 18.2 Å². The summed E-state index contributed by atoms with van der Waals surface area (Å²) in [7, 11) is -1.57.